The van der Waals surface area contributed by atoms with Gasteiger partial charge in [0.05, 0.1) is 0 Å². The fraction of sp³-hybridized carbons (Fsp3) is 0.667. The van der Waals surface area contributed by atoms with Crippen molar-refractivity contribution < 1.29 is 9.90 Å². The minimum absolute atomic E-state index is 0.00988. The zero-order chi connectivity index (χ0) is 8.65. The largest absolute Gasteiger partial charge is 0.504 e. The van der Waals surface area contributed by atoms with E-state index in [0.29, 0.717) is 6.42 Å². The van der Waals surface area contributed by atoms with Crippen LogP contribution in [-0.2, 0) is 4.79 Å². The molecule has 0 heterocycles. The number of carbonyl (C=O) groups is 1. The molecule has 0 unspecified atom stereocenters. The number of ketones is 1. The molecule has 0 fully saturated rings. The summed E-state index contributed by atoms with van der Waals surface area (Å²) < 4.78 is 0. The Bertz CT molecular complexity index is 224. The lowest BCUT2D eigenvalue weighted by molar-refractivity contribution is -0.120. The summed E-state index contributed by atoms with van der Waals surface area (Å²) in [5.41, 5.74) is 0.860. The SMILES string of the molecule is CC1=C(O)C(=O)CC(C)(C)C1. The van der Waals surface area contributed by atoms with Crippen LogP contribution in [0.25, 0.3) is 0 Å². The van der Waals surface area contributed by atoms with Gasteiger partial charge in [0.25, 0.3) is 0 Å². The Labute approximate surface area is 66.9 Å². The Hall–Kier alpha value is -0.790. The molecule has 0 aromatic carbocycles. The third-order valence-corrected chi connectivity index (χ3v) is 2.05. The van der Waals surface area contributed by atoms with Gasteiger partial charge in [-0.25, -0.2) is 0 Å². The van der Waals surface area contributed by atoms with Crippen LogP contribution in [0.4, 0.5) is 0 Å². The minimum Gasteiger partial charge on any atom is -0.504 e. The van der Waals surface area contributed by atoms with Crippen LogP contribution in [0.15, 0.2) is 11.3 Å². The van der Waals surface area contributed by atoms with Gasteiger partial charge in [-0.15, -0.1) is 0 Å². The number of aliphatic hydroxyl groups excluding tert-OH is 1. The third kappa shape index (κ3) is 1.62. The molecule has 1 aliphatic rings. The molecule has 0 amide bonds. The molecule has 0 radical (unpaired) electrons. The van der Waals surface area contributed by atoms with Crippen molar-refractivity contribution in [1.29, 1.82) is 0 Å². The van der Waals surface area contributed by atoms with E-state index in [1.807, 2.05) is 20.8 Å². The second kappa shape index (κ2) is 2.36. The fourth-order valence-electron chi connectivity index (χ4n) is 1.62. The van der Waals surface area contributed by atoms with Crippen molar-refractivity contribution in [3.05, 3.63) is 11.3 Å². The third-order valence-electron chi connectivity index (χ3n) is 2.05. The Morgan fingerprint density at radius 2 is 1.91 bits per heavy atom. The smallest absolute Gasteiger partial charge is 0.197 e. The van der Waals surface area contributed by atoms with Crippen LogP contribution in [0.1, 0.15) is 33.6 Å². The highest BCUT2D eigenvalue weighted by Gasteiger charge is 2.30. The monoisotopic (exact) mass is 154 g/mol. The molecule has 62 valence electrons. The molecule has 1 N–H and O–H groups in total. The maximum Gasteiger partial charge on any atom is 0.197 e. The van der Waals surface area contributed by atoms with Gasteiger partial charge in [-0.2, -0.15) is 0 Å². The van der Waals surface area contributed by atoms with Crippen molar-refractivity contribution in [1.82, 2.24) is 0 Å². The van der Waals surface area contributed by atoms with Gasteiger partial charge in [0.1, 0.15) is 0 Å². The average Bonchev–Trinajstić information content (AvgIpc) is 1.81. The zero-order valence-electron chi connectivity index (χ0n) is 7.27. The van der Waals surface area contributed by atoms with Crippen molar-refractivity contribution in [3.8, 4) is 0 Å². The maximum absolute atomic E-state index is 11.1. The summed E-state index contributed by atoms with van der Waals surface area (Å²) in [6, 6.07) is 0. The lowest BCUT2D eigenvalue weighted by Gasteiger charge is -2.28. The van der Waals surface area contributed by atoms with Gasteiger partial charge in [0, 0.05) is 6.42 Å². The molecule has 2 nitrogen and oxygen atoms in total. The normalized spacial score (nSPS) is 24.1. The fourth-order valence-corrected chi connectivity index (χ4v) is 1.62. The lowest BCUT2D eigenvalue weighted by Crippen LogP contribution is -2.24. The van der Waals surface area contributed by atoms with Crippen LogP contribution in [0.3, 0.4) is 0 Å². The number of hydrogen-bond acceptors (Lipinski definition) is 2. The van der Waals surface area contributed by atoms with E-state index in [4.69, 9.17) is 0 Å². The van der Waals surface area contributed by atoms with Crippen molar-refractivity contribution in [3.63, 3.8) is 0 Å². The second-order valence-corrected chi connectivity index (χ2v) is 4.07. The summed E-state index contributed by atoms with van der Waals surface area (Å²) in [5, 5.41) is 9.21. The summed E-state index contributed by atoms with van der Waals surface area (Å²) in [6.07, 6.45) is 1.29. The molecule has 0 aromatic heterocycles. The summed E-state index contributed by atoms with van der Waals surface area (Å²) in [4.78, 5) is 11.1. The van der Waals surface area contributed by atoms with Gasteiger partial charge in [0.2, 0.25) is 0 Å². The van der Waals surface area contributed by atoms with E-state index in [9.17, 15) is 9.90 Å². The second-order valence-electron chi connectivity index (χ2n) is 4.07. The van der Waals surface area contributed by atoms with Crippen molar-refractivity contribution >= 4 is 5.78 Å². The maximum atomic E-state index is 11.1. The molecule has 0 aliphatic heterocycles. The molecular formula is C9H14O2. The van der Waals surface area contributed by atoms with Crippen molar-refractivity contribution in [2.45, 2.75) is 33.6 Å². The van der Waals surface area contributed by atoms with Gasteiger partial charge in [0.15, 0.2) is 11.5 Å². The number of Topliss-reactive ketones (excluding diaryl/α,β-unsaturated/α-hetero) is 1. The molecule has 0 bridgehead atoms. The number of hydrogen-bond donors (Lipinski definition) is 1. The first-order chi connectivity index (χ1) is 4.92. The highest BCUT2D eigenvalue weighted by atomic mass is 16.3. The molecule has 0 saturated carbocycles. The van der Waals surface area contributed by atoms with Crippen LogP contribution >= 0.6 is 0 Å². The molecular weight excluding hydrogens is 140 g/mol. The molecule has 11 heavy (non-hydrogen) atoms. The molecule has 0 saturated heterocycles. The number of carbonyl (C=O) groups excluding carboxylic acids is 1. The van der Waals surface area contributed by atoms with E-state index in [1.54, 1.807) is 0 Å². The van der Waals surface area contributed by atoms with Gasteiger partial charge in [-0.05, 0) is 24.3 Å². The number of allylic oxidation sites excluding steroid dienone is 2. The minimum atomic E-state index is -0.112. The van der Waals surface area contributed by atoms with E-state index in [0.717, 1.165) is 12.0 Å². The van der Waals surface area contributed by atoms with Crippen LogP contribution in [0.2, 0.25) is 0 Å². The van der Waals surface area contributed by atoms with Crippen molar-refractivity contribution in [2.24, 2.45) is 5.41 Å². The Balaban J connectivity index is 2.94. The first-order valence-electron chi connectivity index (χ1n) is 3.84. The summed E-state index contributed by atoms with van der Waals surface area (Å²) in [5.74, 6) is -0.122. The highest BCUT2D eigenvalue weighted by Crippen LogP contribution is 2.35. The Kier molecular flexibility index (Phi) is 1.78. The molecule has 0 aromatic rings. The molecule has 0 spiro atoms. The van der Waals surface area contributed by atoms with Crippen LogP contribution < -0.4 is 0 Å². The van der Waals surface area contributed by atoms with E-state index in [2.05, 4.69) is 0 Å². The van der Waals surface area contributed by atoms with Gasteiger partial charge >= 0.3 is 0 Å². The van der Waals surface area contributed by atoms with Crippen LogP contribution in [0, 0.1) is 5.41 Å². The zero-order valence-corrected chi connectivity index (χ0v) is 7.27. The van der Waals surface area contributed by atoms with E-state index < -0.39 is 0 Å². The molecule has 0 atom stereocenters. The first-order valence-corrected chi connectivity index (χ1v) is 3.84. The Morgan fingerprint density at radius 1 is 1.36 bits per heavy atom. The van der Waals surface area contributed by atoms with E-state index >= 15 is 0 Å². The number of aliphatic hydroxyl groups is 1. The predicted octanol–water partition coefficient (Wildman–Crippen LogP) is 2.21. The predicted molar refractivity (Wildman–Crippen MR) is 43.4 cm³/mol. The lowest BCUT2D eigenvalue weighted by atomic mass is 9.76. The molecule has 2 heteroatoms. The summed E-state index contributed by atoms with van der Waals surface area (Å²) in [6.45, 7) is 5.90. The van der Waals surface area contributed by atoms with Crippen LogP contribution in [0.5, 0.6) is 0 Å². The van der Waals surface area contributed by atoms with Gasteiger partial charge in [-0.1, -0.05) is 13.8 Å². The topological polar surface area (TPSA) is 37.3 Å². The molecule has 1 aliphatic carbocycles. The Morgan fingerprint density at radius 3 is 2.36 bits per heavy atom. The average molecular weight is 154 g/mol. The van der Waals surface area contributed by atoms with Crippen LogP contribution in [-0.4, -0.2) is 10.9 Å². The van der Waals surface area contributed by atoms with Gasteiger partial charge < -0.3 is 5.11 Å². The quantitative estimate of drug-likeness (QED) is 0.580. The van der Waals surface area contributed by atoms with Crippen molar-refractivity contribution in [2.75, 3.05) is 0 Å². The highest BCUT2D eigenvalue weighted by molar-refractivity contribution is 5.95. The summed E-state index contributed by atoms with van der Waals surface area (Å²) in [7, 11) is 0. The standard InChI is InChI=1S/C9H14O2/c1-6-4-9(2,3)5-7(10)8(6)11/h11H,4-5H2,1-3H3. The van der Waals surface area contributed by atoms with Gasteiger partial charge in [-0.3, -0.25) is 4.79 Å². The first kappa shape index (κ1) is 8.31. The van der Waals surface area contributed by atoms with E-state index in [1.165, 1.54) is 0 Å². The molecule has 1 rings (SSSR count). The number of rotatable bonds is 0. The summed E-state index contributed by atoms with van der Waals surface area (Å²) >= 11 is 0. The van der Waals surface area contributed by atoms with E-state index in [-0.39, 0.29) is 17.0 Å².